The zero-order chi connectivity index (χ0) is 11.8. The van der Waals surface area contributed by atoms with Crippen LogP contribution >= 0.6 is 12.4 Å². The second-order valence-corrected chi connectivity index (χ2v) is 6.26. The minimum atomic E-state index is 0. The van der Waals surface area contributed by atoms with E-state index in [1.54, 1.807) is 0 Å². The van der Waals surface area contributed by atoms with Gasteiger partial charge in [-0.1, -0.05) is 6.42 Å². The Balaban J connectivity index is 0.00000120. The maximum atomic E-state index is 11.8. The number of nitrogens with two attached hydrogens (primary N) is 1. The lowest BCUT2D eigenvalue weighted by Gasteiger charge is -2.30. The molecule has 104 valence electrons. The minimum absolute atomic E-state index is 0. The average Bonchev–Trinajstić information content (AvgIpc) is 3.03. The number of hydrogen-bond acceptors (Lipinski definition) is 2. The molecule has 4 atom stereocenters. The maximum absolute atomic E-state index is 11.8. The third-order valence-corrected chi connectivity index (χ3v) is 5.33. The molecular formula is C14H25ClN2O. The van der Waals surface area contributed by atoms with Crippen LogP contribution in [0, 0.1) is 17.8 Å². The van der Waals surface area contributed by atoms with Crippen molar-refractivity contribution in [3.05, 3.63) is 0 Å². The van der Waals surface area contributed by atoms with Crippen LogP contribution in [0.1, 0.15) is 44.9 Å². The number of nitrogens with zero attached hydrogens (tertiary/aromatic N) is 1. The highest BCUT2D eigenvalue weighted by molar-refractivity contribution is 5.85. The summed E-state index contributed by atoms with van der Waals surface area (Å²) in [7, 11) is 0. The molecule has 3 fully saturated rings. The molecule has 1 saturated heterocycles. The van der Waals surface area contributed by atoms with Crippen LogP contribution in [0.2, 0.25) is 0 Å². The van der Waals surface area contributed by atoms with Crippen LogP contribution < -0.4 is 5.73 Å². The molecule has 1 amide bonds. The van der Waals surface area contributed by atoms with Crippen molar-refractivity contribution in [2.75, 3.05) is 13.1 Å². The lowest BCUT2D eigenvalue weighted by Crippen LogP contribution is -2.40. The number of likely N-dealkylation sites (tertiary alicyclic amines) is 1. The fourth-order valence-electron chi connectivity index (χ4n) is 4.54. The first kappa shape index (κ1) is 14.1. The van der Waals surface area contributed by atoms with E-state index in [2.05, 4.69) is 4.90 Å². The molecule has 2 aliphatic carbocycles. The van der Waals surface area contributed by atoms with Gasteiger partial charge >= 0.3 is 0 Å². The quantitative estimate of drug-likeness (QED) is 0.856. The molecule has 3 rings (SSSR count). The largest absolute Gasteiger partial charge is 0.339 e. The van der Waals surface area contributed by atoms with Gasteiger partial charge in [0.1, 0.15) is 0 Å². The van der Waals surface area contributed by atoms with Crippen molar-refractivity contribution in [3.63, 3.8) is 0 Å². The Labute approximate surface area is 116 Å². The molecule has 2 saturated carbocycles. The van der Waals surface area contributed by atoms with Gasteiger partial charge in [0.15, 0.2) is 0 Å². The number of halogens is 1. The topological polar surface area (TPSA) is 46.3 Å². The number of amides is 1. The number of fused-ring (bicyclic) bond motifs is 2. The summed E-state index contributed by atoms with van der Waals surface area (Å²) in [5.41, 5.74) is 5.49. The van der Waals surface area contributed by atoms with E-state index in [9.17, 15) is 4.79 Å². The molecule has 1 heterocycles. The monoisotopic (exact) mass is 272 g/mol. The molecule has 1 aliphatic heterocycles. The van der Waals surface area contributed by atoms with Crippen molar-refractivity contribution < 1.29 is 4.79 Å². The van der Waals surface area contributed by atoms with Crippen molar-refractivity contribution in [3.8, 4) is 0 Å². The molecule has 0 aromatic heterocycles. The number of rotatable bonds is 3. The van der Waals surface area contributed by atoms with Crippen LogP contribution in [0.15, 0.2) is 0 Å². The van der Waals surface area contributed by atoms with Crippen LogP contribution in [-0.4, -0.2) is 29.9 Å². The Bertz CT molecular complexity index is 310. The Morgan fingerprint density at radius 1 is 1.22 bits per heavy atom. The van der Waals surface area contributed by atoms with Gasteiger partial charge in [-0.3, -0.25) is 4.79 Å². The lowest BCUT2D eigenvalue weighted by molar-refractivity contribution is -0.130. The molecule has 0 radical (unpaired) electrons. The lowest BCUT2D eigenvalue weighted by atomic mass is 9.84. The number of carbonyl (C=O) groups is 1. The van der Waals surface area contributed by atoms with Crippen molar-refractivity contribution in [2.24, 2.45) is 23.5 Å². The summed E-state index contributed by atoms with van der Waals surface area (Å²) in [6.45, 7) is 1.13. The third kappa shape index (κ3) is 2.53. The normalized spacial score (nSPS) is 37.9. The van der Waals surface area contributed by atoms with E-state index in [0.29, 0.717) is 6.04 Å². The van der Waals surface area contributed by atoms with Gasteiger partial charge in [-0.05, 0) is 56.3 Å². The summed E-state index contributed by atoms with van der Waals surface area (Å²) in [5.74, 6) is 3.07. The zero-order valence-corrected chi connectivity index (χ0v) is 11.8. The summed E-state index contributed by atoms with van der Waals surface area (Å²) >= 11 is 0. The first-order valence-electron chi connectivity index (χ1n) is 7.27. The van der Waals surface area contributed by atoms with Crippen molar-refractivity contribution in [1.82, 2.24) is 4.90 Å². The van der Waals surface area contributed by atoms with E-state index in [1.807, 2.05) is 0 Å². The van der Waals surface area contributed by atoms with Gasteiger partial charge in [0.25, 0.3) is 0 Å². The predicted molar refractivity (Wildman–Crippen MR) is 74.6 cm³/mol. The summed E-state index contributed by atoms with van der Waals surface area (Å²) in [4.78, 5) is 13.8. The Morgan fingerprint density at radius 2 is 2.06 bits per heavy atom. The van der Waals surface area contributed by atoms with E-state index in [4.69, 9.17) is 5.73 Å². The van der Waals surface area contributed by atoms with Crippen LogP contribution in [0.4, 0.5) is 0 Å². The summed E-state index contributed by atoms with van der Waals surface area (Å²) < 4.78 is 0. The van der Waals surface area contributed by atoms with Crippen molar-refractivity contribution >= 4 is 18.3 Å². The van der Waals surface area contributed by atoms with Crippen LogP contribution in [-0.2, 0) is 4.79 Å². The van der Waals surface area contributed by atoms with Gasteiger partial charge in [0, 0.05) is 12.6 Å². The zero-order valence-electron chi connectivity index (χ0n) is 11.0. The van der Waals surface area contributed by atoms with Crippen molar-refractivity contribution in [2.45, 2.75) is 51.0 Å². The van der Waals surface area contributed by atoms with E-state index in [0.717, 1.165) is 24.3 Å². The molecule has 4 unspecified atom stereocenters. The highest BCUT2D eigenvalue weighted by atomic mass is 35.5. The Kier molecular flexibility index (Phi) is 4.54. The molecule has 0 spiro atoms. The average molecular weight is 273 g/mol. The number of hydrogen-bond donors (Lipinski definition) is 1. The van der Waals surface area contributed by atoms with Crippen molar-refractivity contribution in [1.29, 1.82) is 0 Å². The SMILES string of the molecule is Cl.NCC(=O)N1CCCC1CC1CC2CCC1C2. The van der Waals surface area contributed by atoms with Crippen LogP contribution in [0.25, 0.3) is 0 Å². The molecule has 3 aliphatic rings. The van der Waals surface area contributed by atoms with Crippen LogP contribution in [0.3, 0.4) is 0 Å². The fraction of sp³-hybridized carbons (Fsp3) is 0.929. The molecule has 2 bridgehead atoms. The van der Waals surface area contributed by atoms with Gasteiger partial charge in [-0.25, -0.2) is 0 Å². The molecule has 0 aromatic rings. The second kappa shape index (κ2) is 5.79. The Hall–Kier alpha value is -0.280. The van der Waals surface area contributed by atoms with Gasteiger partial charge in [0.05, 0.1) is 6.54 Å². The highest BCUT2D eigenvalue weighted by Gasteiger charge is 2.41. The number of carbonyl (C=O) groups excluding carboxylic acids is 1. The first-order chi connectivity index (χ1) is 8.28. The van der Waals surface area contributed by atoms with Gasteiger partial charge < -0.3 is 10.6 Å². The molecule has 3 nitrogen and oxygen atoms in total. The Morgan fingerprint density at radius 3 is 2.67 bits per heavy atom. The van der Waals surface area contributed by atoms with E-state index >= 15 is 0 Å². The molecule has 4 heteroatoms. The van der Waals surface area contributed by atoms with Crippen LogP contribution in [0.5, 0.6) is 0 Å². The second-order valence-electron chi connectivity index (χ2n) is 6.26. The smallest absolute Gasteiger partial charge is 0.236 e. The van der Waals surface area contributed by atoms with E-state index < -0.39 is 0 Å². The summed E-state index contributed by atoms with van der Waals surface area (Å²) in [5, 5.41) is 0. The van der Waals surface area contributed by atoms with Gasteiger partial charge in [0.2, 0.25) is 5.91 Å². The van der Waals surface area contributed by atoms with Gasteiger partial charge in [-0.15, -0.1) is 12.4 Å². The summed E-state index contributed by atoms with van der Waals surface area (Å²) in [6, 6.07) is 0.510. The highest BCUT2D eigenvalue weighted by Crippen LogP contribution is 2.50. The molecule has 0 aromatic carbocycles. The molecule has 2 N–H and O–H groups in total. The van der Waals surface area contributed by atoms with E-state index in [1.165, 1.54) is 44.9 Å². The summed E-state index contributed by atoms with van der Waals surface area (Å²) in [6.07, 6.45) is 9.47. The fourth-order valence-corrected chi connectivity index (χ4v) is 4.54. The minimum Gasteiger partial charge on any atom is -0.339 e. The molecule has 18 heavy (non-hydrogen) atoms. The third-order valence-electron chi connectivity index (χ3n) is 5.33. The maximum Gasteiger partial charge on any atom is 0.236 e. The van der Waals surface area contributed by atoms with E-state index in [-0.39, 0.29) is 24.9 Å². The van der Waals surface area contributed by atoms with Gasteiger partial charge in [-0.2, -0.15) is 0 Å². The predicted octanol–water partition coefficient (Wildman–Crippen LogP) is 2.18. The standard InChI is InChI=1S/C14H24N2O.ClH/c15-9-14(17)16-5-1-2-13(16)8-12-7-10-3-4-11(12)6-10;/h10-13H,1-9,15H2;1H. The first-order valence-corrected chi connectivity index (χ1v) is 7.27. The molecular weight excluding hydrogens is 248 g/mol.